The first-order valence-electron chi connectivity index (χ1n) is 6.11. The Kier molecular flexibility index (Phi) is 2.44. The molecule has 1 spiro atoms. The van der Waals surface area contributed by atoms with Gasteiger partial charge < -0.3 is 15.2 Å². The Bertz CT molecular complexity index is 747. The van der Waals surface area contributed by atoms with Crippen LogP contribution in [0.1, 0.15) is 11.1 Å². The van der Waals surface area contributed by atoms with E-state index in [1.54, 1.807) is 0 Å². The van der Waals surface area contributed by atoms with Crippen LogP contribution in [0.4, 0.5) is 0 Å². The minimum absolute atomic E-state index is 0.200. The van der Waals surface area contributed by atoms with E-state index in [4.69, 9.17) is 15.2 Å². The second-order valence-electron chi connectivity index (χ2n) is 4.68. The zero-order valence-electron chi connectivity index (χ0n) is 10.3. The van der Waals surface area contributed by atoms with Crippen molar-refractivity contribution in [1.82, 2.24) is 4.98 Å². The summed E-state index contributed by atoms with van der Waals surface area (Å²) in [5.41, 5.74) is 6.94. The number of nitrogens with two attached hydrogens (primary N) is 1. The summed E-state index contributed by atoms with van der Waals surface area (Å²) in [5, 5.41) is 0. The van der Waals surface area contributed by atoms with Crippen LogP contribution in [-0.2, 0) is 10.3 Å². The molecule has 2 aromatic rings. The Morgan fingerprint density at radius 2 is 2.00 bits per heavy atom. The van der Waals surface area contributed by atoms with E-state index in [1.807, 2.05) is 36.4 Å². The number of fused-ring (bicyclic) bond motifs is 4. The molecule has 0 amide bonds. The molecule has 0 bridgehead atoms. The second-order valence-corrected chi connectivity index (χ2v) is 5.79. The van der Waals surface area contributed by atoms with Crippen LogP contribution in [0.5, 0.6) is 11.6 Å². The van der Waals surface area contributed by atoms with Crippen molar-refractivity contribution in [2.75, 3.05) is 6.61 Å². The third kappa shape index (κ3) is 1.54. The largest absolute Gasteiger partial charge is 0.462 e. The SMILES string of the molecule is NC1=NC2(CO1)c1ccccc1Oc1nc(I)ccc12. The van der Waals surface area contributed by atoms with Crippen molar-refractivity contribution < 1.29 is 9.47 Å². The molecule has 1 aromatic heterocycles. The summed E-state index contributed by atoms with van der Waals surface area (Å²) in [7, 11) is 0. The fourth-order valence-electron chi connectivity index (χ4n) is 2.66. The highest BCUT2D eigenvalue weighted by Crippen LogP contribution is 2.49. The molecule has 0 saturated heterocycles. The van der Waals surface area contributed by atoms with Crippen LogP contribution in [0.25, 0.3) is 0 Å². The maximum absolute atomic E-state index is 5.90. The fraction of sp³-hybridized carbons (Fsp3) is 0.143. The quantitative estimate of drug-likeness (QED) is 0.564. The summed E-state index contributed by atoms with van der Waals surface area (Å²) in [6.45, 7) is 0.370. The molecule has 0 aliphatic carbocycles. The van der Waals surface area contributed by atoms with Crippen molar-refractivity contribution >= 4 is 28.6 Å². The lowest BCUT2D eigenvalue weighted by atomic mass is 9.83. The third-order valence-electron chi connectivity index (χ3n) is 3.54. The van der Waals surface area contributed by atoms with Crippen molar-refractivity contribution in [3.63, 3.8) is 0 Å². The van der Waals surface area contributed by atoms with E-state index in [1.165, 1.54) is 0 Å². The number of rotatable bonds is 0. The summed E-state index contributed by atoms with van der Waals surface area (Å²) in [5.74, 6) is 1.31. The Labute approximate surface area is 129 Å². The van der Waals surface area contributed by atoms with Gasteiger partial charge in [-0.15, -0.1) is 0 Å². The van der Waals surface area contributed by atoms with Crippen molar-refractivity contribution in [2.45, 2.75) is 5.54 Å². The molecule has 3 heterocycles. The Morgan fingerprint density at radius 1 is 1.15 bits per heavy atom. The number of hydrogen-bond donors (Lipinski definition) is 1. The van der Waals surface area contributed by atoms with Crippen LogP contribution in [0.3, 0.4) is 0 Å². The van der Waals surface area contributed by atoms with Crippen LogP contribution in [0.2, 0.25) is 0 Å². The summed E-state index contributed by atoms with van der Waals surface area (Å²) < 4.78 is 12.2. The van der Waals surface area contributed by atoms with E-state index in [9.17, 15) is 0 Å². The van der Waals surface area contributed by atoms with E-state index >= 15 is 0 Å². The molecule has 100 valence electrons. The number of aliphatic imine (C=N–C) groups is 1. The number of amidine groups is 1. The number of ether oxygens (including phenoxy) is 2. The molecule has 2 aliphatic heterocycles. The smallest absolute Gasteiger partial charge is 0.283 e. The molecule has 20 heavy (non-hydrogen) atoms. The Balaban J connectivity index is 2.04. The molecule has 1 atom stereocenters. The van der Waals surface area contributed by atoms with Crippen molar-refractivity contribution in [1.29, 1.82) is 0 Å². The molecular formula is C14H10IN3O2. The van der Waals surface area contributed by atoms with Gasteiger partial charge in [0.25, 0.3) is 6.02 Å². The van der Waals surface area contributed by atoms with Gasteiger partial charge in [-0.05, 0) is 40.8 Å². The standard InChI is InChI=1S/C14H10IN3O2/c15-11-6-5-9-12(17-11)20-10-4-2-1-3-8(10)14(9)7-19-13(16)18-14/h1-6H,7H2,(H2,16,18). The monoisotopic (exact) mass is 379 g/mol. The van der Waals surface area contributed by atoms with Crippen LogP contribution in [0, 0.1) is 3.70 Å². The molecule has 5 nitrogen and oxygen atoms in total. The van der Waals surface area contributed by atoms with Gasteiger partial charge in [-0.1, -0.05) is 18.2 Å². The van der Waals surface area contributed by atoms with Crippen LogP contribution >= 0.6 is 22.6 Å². The molecule has 0 fully saturated rings. The summed E-state index contributed by atoms with van der Waals surface area (Å²) >= 11 is 2.16. The predicted octanol–water partition coefficient (Wildman–Crippen LogP) is 2.38. The first-order chi connectivity index (χ1) is 9.69. The Morgan fingerprint density at radius 3 is 2.80 bits per heavy atom. The zero-order chi connectivity index (χ0) is 13.7. The van der Waals surface area contributed by atoms with E-state index in [0.29, 0.717) is 12.5 Å². The van der Waals surface area contributed by atoms with Gasteiger partial charge in [-0.2, -0.15) is 0 Å². The van der Waals surface area contributed by atoms with Gasteiger partial charge in [-0.3, -0.25) is 0 Å². The predicted molar refractivity (Wildman–Crippen MR) is 81.8 cm³/mol. The molecular weight excluding hydrogens is 369 g/mol. The fourth-order valence-corrected chi connectivity index (χ4v) is 3.06. The van der Waals surface area contributed by atoms with Crippen molar-refractivity contribution in [3.8, 4) is 11.6 Å². The van der Waals surface area contributed by atoms with Gasteiger partial charge in [0.2, 0.25) is 5.88 Å². The number of hydrogen-bond acceptors (Lipinski definition) is 5. The number of pyridine rings is 1. The number of benzene rings is 1. The highest BCUT2D eigenvalue weighted by atomic mass is 127. The molecule has 2 aliphatic rings. The lowest BCUT2D eigenvalue weighted by Crippen LogP contribution is -2.31. The minimum Gasteiger partial charge on any atom is -0.462 e. The minimum atomic E-state index is -0.647. The molecule has 0 radical (unpaired) electrons. The number of nitrogens with zero attached hydrogens (tertiary/aromatic N) is 2. The third-order valence-corrected chi connectivity index (χ3v) is 4.14. The normalized spacial score (nSPS) is 22.6. The highest BCUT2D eigenvalue weighted by molar-refractivity contribution is 14.1. The molecule has 2 N–H and O–H groups in total. The van der Waals surface area contributed by atoms with Gasteiger partial charge in [0, 0.05) is 5.56 Å². The molecule has 6 heteroatoms. The molecule has 0 saturated carbocycles. The number of para-hydroxylation sites is 1. The molecule has 1 unspecified atom stereocenters. The average Bonchev–Trinajstić information content (AvgIpc) is 2.82. The topological polar surface area (TPSA) is 69.7 Å². The molecule has 1 aromatic carbocycles. The molecule has 4 rings (SSSR count). The van der Waals surface area contributed by atoms with Crippen LogP contribution < -0.4 is 10.5 Å². The second kappa shape index (κ2) is 4.08. The van der Waals surface area contributed by atoms with Crippen molar-refractivity contribution in [3.05, 3.63) is 51.2 Å². The maximum Gasteiger partial charge on any atom is 0.283 e. The van der Waals surface area contributed by atoms with Gasteiger partial charge in [0.1, 0.15) is 16.1 Å². The maximum atomic E-state index is 5.90. The van der Waals surface area contributed by atoms with Crippen LogP contribution in [0.15, 0.2) is 41.4 Å². The number of aromatic nitrogens is 1. The first-order valence-corrected chi connectivity index (χ1v) is 7.19. The van der Waals surface area contributed by atoms with E-state index in [0.717, 1.165) is 20.6 Å². The zero-order valence-corrected chi connectivity index (χ0v) is 12.5. The Hall–Kier alpha value is -1.83. The van der Waals surface area contributed by atoms with Gasteiger partial charge in [0.15, 0.2) is 5.54 Å². The van der Waals surface area contributed by atoms with Gasteiger partial charge in [0.05, 0.1) is 5.56 Å². The highest BCUT2D eigenvalue weighted by Gasteiger charge is 2.47. The summed E-state index contributed by atoms with van der Waals surface area (Å²) in [6, 6.07) is 11.9. The summed E-state index contributed by atoms with van der Waals surface area (Å²) in [4.78, 5) is 9.00. The van der Waals surface area contributed by atoms with Gasteiger partial charge >= 0.3 is 0 Å². The van der Waals surface area contributed by atoms with Gasteiger partial charge in [-0.25, -0.2) is 9.98 Å². The van der Waals surface area contributed by atoms with Crippen molar-refractivity contribution in [2.24, 2.45) is 10.7 Å². The summed E-state index contributed by atoms with van der Waals surface area (Å²) in [6.07, 6.45) is 0. The average molecular weight is 379 g/mol. The van der Waals surface area contributed by atoms with Crippen LogP contribution in [-0.4, -0.2) is 17.6 Å². The van der Waals surface area contributed by atoms with E-state index in [2.05, 4.69) is 32.6 Å². The van der Waals surface area contributed by atoms with E-state index < -0.39 is 5.54 Å². The number of halogens is 1. The van der Waals surface area contributed by atoms with E-state index in [-0.39, 0.29) is 6.02 Å². The first kappa shape index (κ1) is 12.0. The lowest BCUT2D eigenvalue weighted by molar-refractivity contribution is 0.262. The lowest BCUT2D eigenvalue weighted by Gasteiger charge is -2.32.